The number of piperazine rings is 1. The number of phenolic OH excluding ortho intramolecular Hbond substituents is 2. The smallest absolute Gasteiger partial charge is 0.410 e. The van der Waals surface area contributed by atoms with Gasteiger partial charge in [-0.1, -0.05) is 192 Å². The molecule has 3 heterocycles. The summed E-state index contributed by atoms with van der Waals surface area (Å²) in [5.41, 5.74) is 18.0. The molecule has 9 aromatic rings. The Morgan fingerprint density at radius 1 is 0.472 bits per heavy atom. The number of ether oxygens (including phenoxy) is 3. The fourth-order valence-electron chi connectivity index (χ4n) is 14.7. The number of rotatable bonds is 28. The van der Waals surface area contributed by atoms with Gasteiger partial charge in [-0.25, -0.2) is 4.79 Å². The molecule has 12 rings (SSSR count). The molecule has 2 atom stereocenters. The van der Waals surface area contributed by atoms with E-state index in [1.165, 1.54) is 71.3 Å². The highest BCUT2D eigenvalue weighted by molar-refractivity contribution is 9.10. The van der Waals surface area contributed by atoms with Crippen molar-refractivity contribution >= 4 is 55.5 Å². The summed E-state index contributed by atoms with van der Waals surface area (Å²) in [7, 11) is 2.21. The van der Waals surface area contributed by atoms with Crippen LogP contribution in [-0.2, 0) is 4.74 Å². The van der Waals surface area contributed by atoms with Gasteiger partial charge in [0.1, 0.15) is 35.2 Å². The second-order valence-electron chi connectivity index (χ2n) is 29.6. The number of hydrogen-bond acceptors (Lipinski definition) is 12. The SMILES string of the molecule is CC(C)(C)OC(=O)N1CCN(CCOc2ccc(/C(=C(/CCCO)c3ccccc3)c3ccc(O)cc3)cc2)CC1.CC(C)N1CCC(c2ccc(/C(=C(/CCCO)c3ccccc3)c3ccc(O)cc3)cc2)C1.CN1CCCC1CCOc1ccc(/C(=C(/CCCO)c2ccccc2)c2ccc(Br)cc2)cc1. The Bertz CT molecular complexity index is 4270. The first kappa shape index (κ1) is 81.4. The molecule has 3 aliphatic rings. The van der Waals surface area contributed by atoms with Crippen LogP contribution in [0.5, 0.6) is 23.0 Å². The molecule has 13 nitrogen and oxygen atoms in total. The standard InChI is InChI=1S/C34H42N2O5.C30H34BrNO2.C30H35NO2/c1-34(2,3)41-33(39)36-21-19-35(20-22-36)23-25-40-30-17-13-28(14-18-30)32(27-11-15-29(38)16-12-27)31(10-7-24-37)26-8-5-4-6-9-26;1-32-20-5-9-27(32)19-22-34-28-17-13-25(14-18-28)30(24-11-15-26(31)16-12-24)29(10-6-21-33)23-7-3-2-4-8-23;1-22(2)31-19-18-27(21-31)23-10-12-25(13-11-23)30(26-14-16-28(33)17-15-26)29(9-6-20-32)24-7-4-3-5-8-24/h4-6,8-9,11-18,37-38H,7,10,19-25H2,1-3H3;2-4,7-8,11-18,27,33H,5-6,9-10,19-22H2,1H3;3-5,7-8,10-17,22,27,32-33H,6,9,18-21H2,1-2H3/b32-31-;30-29-;30-29+. The Morgan fingerprint density at radius 2 is 0.861 bits per heavy atom. The highest BCUT2D eigenvalue weighted by Gasteiger charge is 2.28. The van der Waals surface area contributed by atoms with Gasteiger partial charge in [-0.3, -0.25) is 4.90 Å². The first-order valence-electron chi connectivity index (χ1n) is 38.7. The minimum Gasteiger partial charge on any atom is -0.508 e. The number of carbonyl (C=O) groups excluding carboxylic acids is 1. The van der Waals surface area contributed by atoms with Crippen LogP contribution in [0.15, 0.2) is 241 Å². The number of aromatic hydroxyl groups is 2. The Kier molecular flexibility index (Phi) is 31.3. The first-order chi connectivity index (χ1) is 52.4. The summed E-state index contributed by atoms with van der Waals surface area (Å²) in [6.07, 6.45) is 8.99. The third kappa shape index (κ3) is 24.0. The van der Waals surface area contributed by atoms with Gasteiger partial charge in [0.15, 0.2) is 0 Å². The van der Waals surface area contributed by atoms with Gasteiger partial charge >= 0.3 is 6.09 Å². The minimum absolute atomic E-state index is 0.113. The van der Waals surface area contributed by atoms with Gasteiger partial charge in [-0.2, -0.15) is 0 Å². The van der Waals surface area contributed by atoms with E-state index in [1.54, 1.807) is 29.2 Å². The number of benzene rings is 9. The fraction of sp³-hybridized carbons (Fsp3) is 0.351. The summed E-state index contributed by atoms with van der Waals surface area (Å²) in [5.74, 6) is 2.78. The number of nitrogens with zero attached hydrogens (tertiary/aromatic N) is 4. The average Bonchev–Trinajstić information content (AvgIpc) is 0.920. The largest absolute Gasteiger partial charge is 0.508 e. The number of halogens is 1. The third-order valence-corrected chi connectivity index (χ3v) is 21.0. The maximum Gasteiger partial charge on any atom is 0.410 e. The van der Waals surface area contributed by atoms with E-state index in [9.17, 15) is 30.3 Å². The van der Waals surface area contributed by atoms with E-state index >= 15 is 0 Å². The van der Waals surface area contributed by atoms with Crippen molar-refractivity contribution in [1.29, 1.82) is 0 Å². The molecule has 0 bridgehead atoms. The Balaban J connectivity index is 0.000000174. The predicted octanol–water partition coefficient (Wildman–Crippen LogP) is 19.4. The summed E-state index contributed by atoms with van der Waals surface area (Å²) < 4.78 is 18.7. The Hall–Kier alpha value is -9.09. The van der Waals surface area contributed by atoms with Crippen LogP contribution in [0.3, 0.4) is 0 Å². The molecular formula is C94H111BrN4O9. The van der Waals surface area contributed by atoms with Crippen molar-refractivity contribution in [1.82, 2.24) is 19.6 Å². The molecule has 9 aromatic carbocycles. The van der Waals surface area contributed by atoms with E-state index in [2.05, 4.69) is 197 Å². The number of carbonyl (C=O) groups is 1. The molecule has 0 spiro atoms. The van der Waals surface area contributed by atoms with Crippen molar-refractivity contribution in [3.05, 3.63) is 297 Å². The van der Waals surface area contributed by atoms with Gasteiger partial charge in [-0.05, 0) is 275 Å². The molecule has 3 aliphatic heterocycles. The van der Waals surface area contributed by atoms with Gasteiger partial charge in [0, 0.05) is 75.6 Å². The van der Waals surface area contributed by atoms with Crippen LogP contribution in [0.4, 0.5) is 4.79 Å². The fourth-order valence-corrected chi connectivity index (χ4v) is 14.9. The van der Waals surface area contributed by atoms with Crippen LogP contribution in [0.2, 0.25) is 0 Å². The lowest BCUT2D eigenvalue weighted by atomic mass is 9.86. The van der Waals surface area contributed by atoms with Crippen molar-refractivity contribution in [3.63, 3.8) is 0 Å². The number of allylic oxidation sites excluding steroid dienone is 3. The van der Waals surface area contributed by atoms with Crippen LogP contribution in [0, 0.1) is 0 Å². The van der Waals surface area contributed by atoms with Crippen LogP contribution in [0.25, 0.3) is 33.4 Å². The van der Waals surface area contributed by atoms with Gasteiger partial charge in [0.2, 0.25) is 0 Å². The molecule has 3 fully saturated rings. The molecule has 0 radical (unpaired) electrons. The van der Waals surface area contributed by atoms with E-state index in [0.29, 0.717) is 50.5 Å². The number of phenols is 2. The van der Waals surface area contributed by atoms with E-state index in [4.69, 9.17) is 14.2 Å². The average molecular weight is 1520 g/mol. The van der Waals surface area contributed by atoms with Crippen LogP contribution in [-0.4, -0.2) is 161 Å². The van der Waals surface area contributed by atoms with Crippen molar-refractivity contribution < 1.29 is 44.5 Å². The normalized spacial score (nSPS) is 16.3. The molecule has 0 aliphatic carbocycles. The summed E-state index contributed by atoms with van der Waals surface area (Å²) in [5, 5.41) is 48.6. The second-order valence-corrected chi connectivity index (χ2v) is 30.5. The number of aliphatic hydroxyl groups excluding tert-OH is 3. The first-order valence-corrected chi connectivity index (χ1v) is 39.5. The monoisotopic (exact) mass is 1520 g/mol. The Morgan fingerprint density at radius 3 is 1.23 bits per heavy atom. The van der Waals surface area contributed by atoms with E-state index in [0.717, 1.165) is 131 Å². The number of hydrogen-bond donors (Lipinski definition) is 5. The summed E-state index contributed by atoms with van der Waals surface area (Å²) >= 11 is 3.57. The molecule has 108 heavy (non-hydrogen) atoms. The lowest BCUT2D eigenvalue weighted by molar-refractivity contribution is 0.0137. The summed E-state index contributed by atoms with van der Waals surface area (Å²) in [6.45, 7) is 19.1. The zero-order valence-electron chi connectivity index (χ0n) is 64.0. The summed E-state index contributed by atoms with van der Waals surface area (Å²) in [4.78, 5) is 21.4. The summed E-state index contributed by atoms with van der Waals surface area (Å²) in [6, 6.07) is 81.3. The third-order valence-electron chi connectivity index (χ3n) is 20.5. The van der Waals surface area contributed by atoms with Crippen molar-refractivity contribution in [2.24, 2.45) is 0 Å². The van der Waals surface area contributed by atoms with Crippen LogP contribution >= 0.6 is 15.9 Å². The van der Waals surface area contributed by atoms with E-state index in [1.807, 2.05) is 87.5 Å². The molecule has 2 unspecified atom stereocenters. The van der Waals surface area contributed by atoms with Crippen molar-refractivity contribution in [3.8, 4) is 23.0 Å². The highest BCUT2D eigenvalue weighted by Crippen LogP contribution is 2.41. The minimum atomic E-state index is -0.485. The maximum absolute atomic E-state index is 12.3. The molecule has 0 saturated carbocycles. The van der Waals surface area contributed by atoms with Crippen molar-refractivity contribution in [2.45, 2.75) is 122 Å². The zero-order chi connectivity index (χ0) is 76.2. The highest BCUT2D eigenvalue weighted by atomic mass is 79.9. The van der Waals surface area contributed by atoms with Crippen LogP contribution in [0.1, 0.15) is 160 Å². The molecule has 1 amide bonds. The number of likely N-dealkylation sites (tertiary alicyclic amines) is 2. The molecule has 5 N–H and O–H groups in total. The van der Waals surface area contributed by atoms with Crippen molar-refractivity contribution in [2.75, 3.05) is 92.4 Å². The molecule has 3 saturated heterocycles. The molecule has 0 aromatic heterocycles. The van der Waals surface area contributed by atoms with Crippen LogP contribution < -0.4 is 9.47 Å². The number of amides is 1. The maximum atomic E-state index is 12.3. The predicted molar refractivity (Wildman–Crippen MR) is 445 cm³/mol. The lowest BCUT2D eigenvalue weighted by Gasteiger charge is -2.35. The van der Waals surface area contributed by atoms with Gasteiger partial charge < -0.3 is 54.4 Å². The zero-order valence-corrected chi connectivity index (χ0v) is 65.6. The molecule has 14 heteroatoms. The molecular weight excluding hydrogens is 1410 g/mol. The van der Waals surface area contributed by atoms with E-state index < -0.39 is 5.60 Å². The number of aliphatic hydroxyl groups is 3. The Labute approximate surface area is 650 Å². The van der Waals surface area contributed by atoms with Gasteiger partial charge in [-0.15, -0.1) is 0 Å². The van der Waals surface area contributed by atoms with Gasteiger partial charge in [0.25, 0.3) is 0 Å². The molecule has 568 valence electrons. The second kappa shape index (κ2) is 41.5. The topological polar surface area (TPSA) is 159 Å². The quantitative estimate of drug-likeness (QED) is 0.0296. The van der Waals surface area contributed by atoms with E-state index in [-0.39, 0.29) is 37.4 Å². The van der Waals surface area contributed by atoms with Gasteiger partial charge in [0.05, 0.1) is 6.61 Å². The lowest BCUT2D eigenvalue weighted by Crippen LogP contribution is -2.50.